The predicted molar refractivity (Wildman–Crippen MR) is 62.2 cm³/mol. The number of alkyl halides is 1. The lowest BCUT2D eigenvalue weighted by Crippen LogP contribution is -2.29. The molecule has 1 unspecified atom stereocenters. The number of halogens is 1. The number of likely N-dealkylation sites (tertiary alicyclic amines) is 1. The molecule has 7 heteroatoms. The molecule has 1 aromatic heterocycles. The quantitative estimate of drug-likeness (QED) is 0.508. The molecule has 2 heterocycles. The molecule has 1 fully saturated rings. The van der Waals surface area contributed by atoms with E-state index in [2.05, 4.69) is 4.98 Å². The van der Waals surface area contributed by atoms with Crippen molar-refractivity contribution in [2.24, 2.45) is 5.92 Å². The van der Waals surface area contributed by atoms with Gasteiger partial charge in [-0.3, -0.25) is 14.9 Å². The standard InChI is InChI=1S/C10H12ClN3O3/c11-4-7-1-2-13(6-7)10(15)9-3-8(5-12-9)14(16)17/h3,5,7,12H,1-2,4,6H2. The van der Waals surface area contributed by atoms with E-state index in [1.165, 1.54) is 12.3 Å². The molecule has 92 valence electrons. The summed E-state index contributed by atoms with van der Waals surface area (Å²) < 4.78 is 0. The van der Waals surface area contributed by atoms with E-state index in [1.807, 2.05) is 0 Å². The molecule has 0 saturated carbocycles. The number of hydrogen-bond acceptors (Lipinski definition) is 3. The summed E-state index contributed by atoms with van der Waals surface area (Å²) in [4.78, 5) is 26.2. The number of rotatable bonds is 3. The highest BCUT2D eigenvalue weighted by atomic mass is 35.5. The van der Waals surface area contributed by atoms with Crippen molar-refractivity contribution in [3.05, 3.63) is 28.1 Å². The van der Waals surface area contributed by atoms with Crippen molar-refractivity contribution in [3.8, 4) is 0 Å². The first-order valence-corrected chi connectivity index (χ1v) is 5.83. The highest BCUT2D eigenvalue weighted by Gasteiger charge is 2.27. The van der Waals surface area contributed by atoms with Crippen molar-refractivity contribution < 1.29 is 9.72 Å². The maximum Gasteiger partial charge on any atom is 0.287 e. The largest absolute Gasteiger partial charge is 0.351 e. The zero-order valence-electron chi connectivity index (χ0n) is 9.06. The van der Waals surface area contributed by atoms with E-state index < -0.39 is 4.92 Å². The Morgan fingerprint density at radius 3 is 3.00 bits per heavy atom. The fourth-order valence-corrected chi connectivity index (χ4v) is 2.18. The average molecular weight is 258 g/mol. The van der Waals surface area contributed by atoms with Crippen LogP contribution in [0.4, 0.5) is 5.69 Å². The van der Waals surface area contributed by atoms with Crippen molar-refractivity contribution >= 4 is 23.2 Å². The Morgan fingerprint density at radius 2 is 2.47 bits per heavy atom. The Morgan fingerprint density at radius 1 is 1.71 bits per heavy atom. The number of carbonyl (C=O) groups excluding carboxylic acids is 1. The number of nitrogens with one attached hydrogen (secondary N) is 1. The molecule has 0 radical (unpaired) electrons. The Kier molecular flexibility index (Phi) is 3.33. The lowest BCUT2D eigenvalue weighted by Gasteiger charge is -2.14. The summed E-state index contributed by atoms with van der Waals surface area (Å²) in [6.07, 6.45) is 2.11. The van der Waals surface area contributed by atoms with E-state index in [0.29, 0.717) is 24.9 Å². The fraction of sp³-hybridized carbons (Fsp3) is 0.500. The summed E-state index contributed by atoms with van der Waals surface area (Å²) in [6.45, 7) is 1.28. The molecule has 1 N–H and O–H groups in total. The summed E-state index contributed by atoms with van der Waals surface area (Å²) >= 11 is 5.73. The number of carbonyl (C=O) groups is 1. The zero-order chi connectivity index (χ0) is 12.4. The molecule has 17 heavy (non-hydrogen) atoms. The third-order valence-electron chi connectivity index (χ3n) is 2.90. The van der Waals surface area contributed by atoms with Crippen LogP contribution in [0.5, 0.6) is 0 Å². The van der Waals surface area contributed by atoms with Gasteiger partial charge in [-0.2, -0.15) is 0 Å². The van der Waals surface area contributed by atoms with Crippen LogP contribution in [0.25, 0.3) is 0 Å². The van der Waals surface area contributed by atoms with Gasteiger partial charge in [0.2, 0.25) is 0 Å². The topological polar surface area (TPSA) is 79.2 Å². The third kappa shape index (κ3) is 2.41. The van der Waals surface area contributed by atoms with Gasteiger partial charge in [-0.05, 0) is 12.3 Å². The SMILES string of the molecule is O=C(c1cc([N+](=O)[O-])c[nH]1)N1CCC(CCl)C1. The Bertz CT molecular complexity index is 446. The van der Waals surface area contributed by atoms with Gasteiger partial charge < -0.3 is 9.88 Å². The van der Waals surface area contributed by atoms with Crippen LogP contribution >= 0.6 is 11.6 Å². The van der Waals surface area contributed by atoms with Gasteiger partial charge in [-0.15, -0.1) is 11.6 Å². The van der Waals surface area contributed by atoms with Gasteiger partial charge in [0, 0.05) is 25.0 Å². The third-order valence-corrected chi connectivity index (χ3v) is 3.34. The van der Waals surface area contributed by atoms with Crippen LogP contribution < -0.4 is 0 Å². The second-order valence-electron chi connectivity index (χ2n) is 4.09. The molecule has 0 aliphatic carbocycles. The van der Waals surface area contributed by atoms with E-state index in [1.54, 1.807) is 4.90 Å². The molecular formula is C10H12ClN3O3. The smallest absolute Gasteiger partial charge is 0.287 e. The van der Waals surface area contributed by atoms with Gasteiger partial charge in [0.15, 0.2) is 0 Å². The van der Waals surface area contributed by atoms with Crippen LogP contribution in [-0.2, 0) is 0 Å². The fourth-order valence-electron chi connectivity index (χ4n) is 1.93. The molecule has 2 rings (SSSR count). The highest BCUT2D eigenvalue weighted by molar-refractivity contribution is 6.18. The normalized spacial score (nSPS) is 19.6. The number of H-pyrrole nitrogens is 1. The summed E-state index contributed by atoms with van der Waals surface area (Å²) in [5.41, 5.74) is 0.161. The van der Waals surface area contributed by atoms with Crippen molar-refractivity contribution in [3.63, 3.8) is 0 Å². The lowest BCUT2D eigenvalue weighted by atomic mass is 10.2. The molecule has 1 amide bonds. The molecular weight excluding hydrogens is 246 g/mol. The van der Waals surface area contributed by atoms with Crippen LogP contribution in [0, 0.1) is 16.0 Å². The van der Waals surface area contributed by atoms with Gasteiger partial charge >= 0.3 is 0 Å². The molecule has 6 nitrogen and oxygen atoms in total. The van der Waals surface area contributed by atoms with E-state index in [0.717, 1.165) is 6.42 Å². The zero-order valence-corrected chi connectivity index (χ0v) is 9.81. The second kappa shape index (κ2) is 4.75. The lowest BCUT2D eigenvalue weighted by molar-refractivity contribution is -0.384. The summed E-state index contributed by atoms with van der Waals surface area (Å²) in [5, 5.41) is 10.5. The maximum atomic E-state index is 12.0. The first kappa shape index (κ1) is 11.9. The van der Waals surface area contributed by atoms with Crippen LogP contribution in [0.15, 0.2) is 12.3 Å². The monoisotopic (exact) mass is 257 g/mol. The number of aromatic nitrogens is 1. The second-order valence-corrected chi connectivity index (χ2v) is 4.40. The van der Waals surface area contributed by atoms with Crippen molar-refractivity contribution in [2.75, 3.05) is 19.0 Å². The van der Waals surface area contributed by atoms with Crippen LogP contribution in [-0.4, -0.2) is 39.7 Å². The Balaban J connectivity index is 2.07. The molecule has 1 aromatic rings. The van der Waals surface area contributed by atoms with Gasteiger partial charge in [0.1, 0.15) is 5.69 Å². The van der Waals surface area contributed by atoms with Crippen molar-refractivity contribution in [2.45, 2.75) is 6.42 Å². The van der Waals surface area contributed by atoms with E-state index in [4.69, 9.17) is 11.6 Å². The average Bonchev–Trinajstić information content (AvgIpc) is 2.97. The van der Waals surface area contributed by atoms with E-state index >= 15 is 0 Å². The molecule has 1 atom stereocenters. The number of amides is 1. The Labute approximate surface area is 103 Å². The number of nitro groups is 1. The number of hydrogen-bond donors (Lipinski definition) is 1. The minimum absolute atomic E-state index is 0.0959. The van der Waals surface area contributed by atoms with Gasteiger partial charge in [0.25, 0.3) is 11.6 Å². The summed E-state index contributed by atoms with van der Waals surface area (Å²) in [7, 11) is 0. The molecule has 1 aliphatic heterocycles. The van der Waals surface area contributed by atoms with Crippen LogP contribution in [0.1, 0.15) is 16.9 Å². The first-order valence-electron chi connectivity index (χ1n) is 5.30. The molecule has 1 aliphatic rings. The number of nitrogens with zero attached hydrogens (tertiary/aromatic N) is 2. The molecule has 0 spiro atoms. The summed E-state index contributed by atoms with van der Waals surface area (Å²) in [5.74, 6) is 0.658. The molecule has 0 bridgehead atoms. The van der Waals surface area contributed by atoms with Crippen molar-refractivity contribution in [1.29, 1.82) is 0 Å². The predicted octanol–water partition coefficient (Wildman–Crippen LogP) is 1.62. The van der Waals surface area contributed by atoms with Crippen LogP contribution in [0.3, 0.4) is 0 Å². The highest BCUT2D eigenvalue weighted by Crippen LogP contribution is 2.21. The van der Waals surface area contributed by atoms with E-state index in [9.17, 15) is 14.9 Å². The minimum Gasteiger partial charge on any atom is -0.351 e. The van der Waals surface area contributed by atoms with Gasteiger partial charge in [0.05, 0.1) is 11.1 Å². The number of aromatic amines is 1. The van der Waals surface area contributed by atoms with Gasteiger partial charge in [-0.25, -0.2) is 0 Å². The summed E-state index contributed by atoms with van der Waals surface area (Å²) in [6, 6.07) is 1.26. The maximum absolute atomic E-state index is 12.0. The van der Waals surface area contributed by atoms with Crippen LogP contribution in [0.2, 0.25) is 0 Å². The minimum atomic E-state index is -0.529. The molecule has 1 saturated heterocycles. The Hall–Kier alpha value is -1.56. The van der Waals surface area contributed by atoms with E-state index in [-0.39, 0.29) is 17.3 Å². The van der Waals surface area contributed by atoms with Crippen molar-refractivity contribution in [1.82, 2.24) is 9.88 Å². The molecule has 0 aromatic carbocycles. The van der Waals surface area contributed by atoms with Gasteiger partial charge in [-0.1, -0.05) is 0 Å². The first-order chi connectivity index (χ1) is 8.11.